The minimum absolute atomic E-state index is 0.0447. The van der Waals surface area contributed by atoms with Crippen LogP contribution in [-0.4, -0.2) is 108 Å². The predicted octanol–water partition coefficient (Wildman–Crippen LogP) is 5.01. The number of rotatable bonds is 12. The highest BCUT2D eigenvalue weighted by Crippen LogP contribution is 2.74. The third-order valence-electron chi connectivity index (χ3n) is 20.1. The molecule has 1 saturated heterocycles. The van der Waals surface area contributed by atoms with Crippen molar-refractivity contribution >= 4 is 5.78 Å². The van der Waals surface area contributed by atoms with Crippen molar-refractivity contribution in [3.63, 3.8) is 0 Å². The van der Waals surface area contributed by atoms with E-state index in [2.05, 4.69) is 30.6 Å². The third-order valence-corrected chi connectivity index (χ3v) is 20.1. The molecule has 2 aliphatic heterocycles. The van der Waals surface area contributed by atoms with E-state index in [9.17, 15) is 35.7 Å². The second-order valence-corrected chi connectivity index (χ2v) is 23.2. The molecule has 2 bridgehead atoms. The van der Waals surface area contributed by atoms with Crippen molar-refractivity contribution in [3.05, 3.63) is 34.7 Å². The summed E-state index contributed by atoms with van der Waals surface area (Å²) in [5.74, 6) is -0.949. The van der Waals surface area contributed by atoms with Crippen LogP contribution < -0.4 is 16.4 Å². The van der Waals surface area contributed by atoms with Crippen molar-refractivity contribution in [3.8, 4) is 0 Å². The van der Waals surface area contributed by atoms with Gasteiger partial charge in [0, 0.05) is 30.2 Å². The van der Waals surface area contributed by atoms with Crippen LogP contribution >= 0.6 is 0 Å². The zero-order valence-electron chi connectivity index (χ0n) is 39.3. The van der Waals surface area contributed by atoms with Gasteiger partial charge in [-0.15, -0.1) is 0 Å². The maximum Gasteiger partial charge on any atom is 0.182 e. The SMILES string of the molecule is CCC[C@H]1CC[C@H]2[C@@H]3CCCC[C@](O)([C@](C)(O)[C@H]4CC[C@@]5(O)C6=C(NC[C@H](C)O)C(=O)[C@@H]7[C@H]8CC[C@H](CC9=C(CCCO)NC(N)C=C9)[C@@]7(C[C@H](O)[C@@H]8O)[C@H]6CC[C@]45C)[C@@H]3O[C@@H]2CC1. The molecule has 1 unspecified atom stereocenters. The lowest BCUT2D eigenvalue weighted by Gasteiger charge is -2.67. The van der Waals surface area contributed by atoms with Crippen LogP contribution in [-0.2, 0) is 9.53 Å². The van der Waals surface area contributed by atoms with E-state index < -0.39 is 69.8 Å². The molecular formula is C52H83N3O9. The smallest absolute Gasteiger partial charge is 0.182 e. The average Bonchev–Trinajstić information content (AvgIpc) is 3.59. The molecule has 64 heavy (non-hydrogen) atoms. The first kappa shape index (κ1) is 47.2. The first-order chi connectivity index (χ1) is 30.5. The van der Waals surface area contributed by atoms with Crippen molar-refractivity contribution in [2.45, 2.75) is 210 Å². The molecular weight excluding hydrogens is 811 g/mol. The highest BCUT2D eigenvalue weighted by atomic mass is 16.5. The fraction of sp³-hybridized carbons (Fsp3) is 0.865. The van der Waals surface area contributed by atoms with Crippen LogP contribution in [0.15, 0.2) is 34.7 Å². The van der Waals surface area contributed by atoms with Crippen LogP contribution in [0, 0.1) is 58.2 Å². The Kier molecular flexibility index (Phi) is 13.0. The van der Waals surface area contributed by atoms with E-state index in [0.29, 0.717) is 75.0 Å². The summed E-state index contributed by atoms with van der Waals surface area (Å²) < 4.78 is 7.08. The number of fused-ring (bicyclic) bond motifs is 6. The summed E-state index contributed by atoms with van der Waals surface area (Å²) in [6.07, 6.45) is 15.6. The Balaban J connectivity index is 1.11. The summed E-state index contributed by atoms with van der Waals surface area (Å²) in [6.45, 7) is 7.98. The Bertz CT molecular complexity index is 1850. The topological polar surface area (TPSA) is 218 Å². The summed E-state index contributed by atoms with van der Waals surface area (Å²) in [7, 11) is 0. The summed E-state index contributed by atoms with van der Waals surface area (Å²) in [5, 5.41) is 91.5. The van der Waals surface area contributed by atoms with Gasteiger partial charge in [-0.3, -0.25) is 4.79 Å². The molecule has 0 spiro atoms. The highest BCUT2D eigenvalue weighted by Gasteiger charge is 2.76. The molecule has 6 saturated carbocycles. The normalized spacial score (nSPS) is 47.9. The number of hydrogen-bond acceptors (Lipinski definition) is 12. The number of carbonyl (C=O) groups is 1. The Morgan fingerprint density at radius 3 is 2.52 bits per heavy atom. The summed E-state index contributed by atoms with van der Waals surface area (Å²) in [6, 6.07) is 0. The minimum Gasteiger partial charge on any atom is -0.396 e. The van der Waals surface area contributed by atoms with Crippen LogP contribution in [0.3, 0.4) is 0 Å². The largest absolute Gasteiger partial charge is 0.396 e. The van der Waals surface area contributed by atoms with Crippen molar-refractivity contribution in [1.82, 2.24) is 10.6 Å². The minimum atomic E-state index is -1.63. The number of ether oxygens (including phenoxy) is 1. The van der Waals surface area contributed by atoms with Crippen molar-refractivity contribution in [1.29, 1.82) is 0 Å². The lowest BCUT2D eigenvalue weighted by Crippen LogP contribution is -2.71. The highest BCUT2D eigenvalue weighted by molar-refractivity contribution is 6.00. The molecule has 9 aliphatic rings. The summed E-state index contributed by atoms with van der Waals surface area (Å²) in [4.78, 5) is 15.7. The van der Waals surface area contributed by atoms with Crippen molar-refractivity contribution < 1.29 is 45.3 Å². The number of aliphatic hydroxyl groups excluding tert-OH is 4. The van der Waals surface area contributed by atoms with E-state index in [-0.39, 0.29) is 55.4 Å². The van der Waals surface area contributed by atoms with Crippen LogP contribution in [0.1, 0.15) is 156 Å². The number of dihydropyridines is 1. The van der Waals surface area contributed by atoms with Crippen LogP contribution in [0.25, 0.3) is 0 Å². The van der Waals surface area contributed by atoms with Crippen molar-refractivity contribution in [2.75, 3.05) is 13.2 Å². The van der Waals surface area contributed by atoms with E-state index in [1.165, 1.54) is 19.3 Å². The van der Waals surface area contributed by atoms with E-state index in [4.69, 9.17) is 10.5 Å². The molecule has 0 aromatic heterocycles. The number of hydrogen-bond donors (Lipinski definition) is 10. The van der Waals surface area contributed by atoms with E-state index >= 15 is 4.79 Å². The number of nitrogens with two attached hydrogens (primary N) is 1. The number of nitrogens with one attached hydrogen (secondary N) is 2. The molecule has 2 heterocycles. The quantitative estimate of drug-likeness (QED) is 0.125. The first-order valence-electron chi connectivity index (χ1n) is 25.9. The molecule has 9 rings (SSSR count). The van der Waals surface area contributed by atoms with Crippen LogP contribution in [0.4, 0.5) is 0 Å². The second kappa shape index (κ2) is 17.6. The Morgan fingerprint density at radius 2 is 1.77 bits per heavy atom. The number of Topliss-reactive ketones (excluding diaryl/α,β-unsaturated/α-hetero) is 1. The predicted molar refractivity (Wildman–Crippen MR) is 244 cm³/mol. The number of aliphatic hydroxyl groups is 7. The van der Waals surface area contributed by atoms with Gasteiger partial charge in [-0.2, -0.15) is 0 Å². The molecule has 0 aromatic carbocycles. The maximum absolute atomic E-state index is 15.7. The number of carbonyl (C=O) groups excluding carboxylic acids is 1. The molecule has 7 fully saturated rings. The monoisotopic (exact) mass is 894 g/mol. The van der Waals surface area contributed by atoms with Gasteiger partial charge in [0.15, 0.2) is 5.78 Å². The van der Waals surface area contributed by atoms with Gasteiger partial charge in [0.2, 0.25) is 0 Å². The van der Waals surface area contributed by atoms with Gasteiger partial charge < -0.3 is 56.8 Å². The fourth-order valence-corrected chi connectivity index (χ4v) is 17.2. The average molecular weight is 894 g/mol. The zero-order chi connectivity index (χ0) is 45.6. The number of allylic oxidation sites excluding steroid dienone is 4. The first-order valence-corrected chi connectivity index (χ1v) is 25.9. The molecule has 0 radical (unpaired) electrons. The lowest BCUT2D eigenvalue weighted by atomic mass is 9.37. The van der Waals surface area contributed by atoms with Gasteiger partial charge in [0.05, 0.1) is 53.6 Å². The van der Waals surface area contributed by atoms with Gasteiger partial charge in [0.25, 0.3) is 0 Å². The molecule has 12 heteroatoms. The zero-order valence-corrected chi connectivity index (χ0v) is 39.3. The Morgan fingerprint density at radius 1 is 1.00 bits per heavy atom. The van der Waals surface area contributed by atoms with E-state index in [1.807, 2.05) is 13.0 Å². The third kappa shape index (κ3) is 7.18. The Labute approximate surface area is 382 Å². The van der Waals surface area contributed by atoms with E-state index in [0.717, 1.165) is 62.1 Å². The van der Waals surface area contributed by atoms with Gasteiger partial charge in [0.1, 0.15) is 5.60 Å². The molecule has 19 atom stereocenters. The van der Waals surface area contributed by atoms with E-state index in [1.54, 1.807) is 6.92 Å². The van der Waals surface area contributed by atoms with Crippen molar-refractivity contribution in [2.24, 2.45) is 63.9 Å². The van der Waals surface area contributed by atoms with Gasteiger partial charge in [-0.25, -0.2) is 0 Å². The standard InChI is InChI=1S/C52H83N3O9/c1-5-9-30-12-16-33-34-10-6-7-22-52(63,47(34)64-39(33)18-13-30)49(4,61)40-21-24-51(62)43-36(20-23-48(40,51)3)50-27-38(58)45(59)35(42(50)46(60)44(43)54-28-29(2)57)17-15-32(50)26-31-14-19-41(53)55-37(31)11-8-25-56/h14,19,29-30,32-36,38-42,45,47,54-59,61-63H,5-13,15-18,20-28,53H2,1-4H3/t29-,30-,32+,33-,34-,35+,36-,38-,39+,40-,41?,42-,45+,47+,48+,49+,50-,51+,52+/m0/s1. The molecule has 0 amide bonds. The fourth-order valence-electron chi connectivity index (χ4n) is 17.2. The summed E-state index contributed by atoms with van der Waals surface area (Å²) in [5.41, 5.74) is 2.89. The van der Waals surface area contributed by atoms with Gasteiger partial charge in [-0.05, 0) is 174 Å². The molecule has 12 nitrogen and oxygen atoms in total. The molecule has 360 valence electrons. The molecule has 11 N–H and O–H groups in total. The Hall–Kier alpha value is -1.87. The lowest BCUT2D eigenvalue weighted by molar-refractivity contribution is -0.254. The van der Waals surface area contributed by atoms with Gasteiger partial charge in [-0.1, -0.05) is 52.0 Å². The summed E-state index contributed by atoms with van der Waals surface area (Å²) >= 11 is 0. The number of ketones is 1. The maximum atomic E-state index is 15.7. The van der Waals surface area contributed by atoms with Crippen LogP contribution in [0.5, 0.6) is 0 Å². The molecule has 0 aromatic rings. The second-order valence-electron chi connectivity index (χ2n) is 23.2. The molecule has 7 aliphatic carbocycles. The van der Waals surface area contributed by atoms with Crippen LogP contribution in [0.2, 0.25) is 0 Å². The van der Waals surface area contributed by atoms with Gasteiger partial charge >= 0.3 is 0 Å².